The Bertz CT molecular complexity index is 751. The molecule has 0 bridgehead atoms. The predicted octanol–water partition coefficient (Wildman–Crippen LogP) is 3.25. The second kappa shape index (κ2) is 6.17. The molecule has 1 atom stereocenters. The van der Waals surface area contributed by atoms with Crippen LogP contribution >= 0.6 is 0 Å². The van der Waals surface area contributed by atoms with E-state index in [-0.39, 0.29) is 11.4 Å². The zero-order valence-electron chi connectivity index (χ0n) is 13.3. The Morgan fingerprint density at radius 2 is 2.04 bits per heavy atom. The number of oxime groups is 1. The quantitative estimate of drug-likeness (QED) is 0.937. The van der Waals surface area contributed by atoms with Crippen molar-refractivity contribution in [2.45, 2.75) is 25.0 Å². The molecule has 1 N–H and O–H groups in total. The van der Waals surface area contributed by atoms with E-state index in [1.807, 2.05) is 42.5 Å². The van der Waals surface area contributed by atoms with E-state index in [1.165, 1.54) is 0 Å². The van der Waals surface area contributed by atoms with Crippen LogP contribution in [0.2, 0.25) is 0 Å². The van der Waals surface area contributed by atoms with Crippen LogP contribution in [-0.4, -0.2) is 29.6 Å². The van der Waals surface area contributed by atoms with Crippen molar-refractivity contribution in [1.29, 1.82) is 0 Å². The van der Waals surface area contributed by atoms with E-state index in [2.05, 4.69) is 5.16 Å². The van der Waals surface area contributed by atoms with E-state index in [1.54, 1.807) is 6.07 Å². The van der Waals surface area contributed by atoms with Crippen molar-refractivity contribution in [2.24, 2.45) is 5.16 Å². The van der Waals surface area contributed by atoms with Crippen molar-refractivity contribution < 1.29 is 19.4 Å². The van der Waals surface area contributed by atoms with Crippen LogP contribution in [0.25, 0.3) is 0 Å². The molecule has 2 heterocycles. The number of hydrogen-bond acceptors (Lipinski definition) is 5. The first-order valence-electron chi connectivity index (χ1n) is 8.07. The summed E-state index contributed by atoms with van der Waals surface area (Å²) in [5, 5.41) is 14.3. The third kappa shape index (κ3) is 2.95. The molecule has 4 rings (SSSR count). The zero-order valence-corrected chi connectivity index (χ0v) is 13.3. The van der Waals surface area contributed by atoms with Gasteiger partial charge < -0.3 is 19.4 Å². The average Bonchev–Trinajstić information content (AvgIpc) is 3.25. The van der Waals surface area contributed by atoms with Crippen molar-refractivity contribution in [1.82, 2.24) is 0 Å². The molecular formula is C19H19NO4. The molecule has 1 saturated heterocycles. The maximum Gasteiger partial charge on any atom is 0.168 e. The summed E-state index contributed by atoms with van der Waals surface area (Å²) in [7, 11) is 0. The van der Waals surface area contributed by atoms with Crippen molar-refractivity contribution in [3.8, 4) is 11.5 Å². The van der Waals surface area contributed by atoms with E-state index in [0.717, 1.165) is 29.7 Å². The minimum Gasteiger partial charge on any atom is -0.504 e. The number of phenolic OH excluding ortho intramolecular Hbond substituents is 1. The van der Waals surface area contributed by atoms with Crippen LogP contribution < -0.4 is 4.74 Å². The van der Waals surface area contributed by atoms with Crippen LogP contribution in [0.5, 0.6) is 11.5 Å². The average molecular weight is 325 g/mol. The van der Waals surface area contributed by atoms with Crippen LogP contribution in [0.1, 0.15) is 24.0 Å². The topological polar surface area (TPSA) is 60.3 Å². The van der Waals surface area contributed by atoms with Gasteiger partial charge >= 0.3 is 0 Å². The lowest BCUT2D eigenvalue weighted by atomic mass is 9.93. The summed E-state index contributed by atoms with van der Waals surface area (Å²) in [4.78, 5) is 5.63. The van der Waals surface area contributed by atoms with E-state index in [4.69, 9.17) is 14.3 Å². The first-order chi connectivity index (χ1) is 11.7. The molecular weight excluding hydrogens is 306 g/mol. The second-order valence-electron chi connectivity index (χ2n) is 6.25. The Morgan fingerprint density at radius 3 is 2.83 bits per heavy atom. The fourth-order valence-corrected chi connectivity index (χ4v) is 3.02. The summed E-state index contributed by atoms with van der Waals surface area (Å²) in [6.45, 7) is 1.69. The van der Waals surface area contributed by atoms with Crippen LogP contribution in [0.3, 0.4) is 0 Å². The van der Waals surface area contributed by atoms with E-state index in [9.17, 15) is 5.11 Å². The van der Waals surface area contributed by atoms with Gasteiger partial charge in [0.05, 0.1) is 18.9 Å². The summed E-state index contributed by atoms with van der Waals surface area (Å²) in [5.41, 5.74) is 2.51. The maximum absolute atomic E-state index is 10.0. The van der Waals surface area contributed by atoms with Gasteiger partial charge in [0, 0.05) is 18.4 Å². The van der Waals surface area contributed by atoms with Gasteiger partial charge in [0.25, 0.3) is 0 Å². The molecule has 2 aromatic carbocycles. The Hall–Kier alpha value is -2.53. The highest BCUT2D eigenvalue weighted by molar-refractivity contribution is 6.02. The second-order valence-corrected chi connectivity index (χ2v) is 6.25. The molecule has 0 aromatic heterocycles. The molecule has 2 aromatic rings. The standard InChI is InChI=1S/C19H19NO4/c21-17-7-6-15(16-11-19(24-20-16)8-9-22-13-19)10-18(17)23-12-14-4-2-1-3-5-14/h1-7,10,21H,8-9,11-13H2/t19-/m0/s1. The van der Waals surface area contributed by atoms with Gasteiger partial charge in [-0.2, -0.15) is 0 Å². The molecule has 1 spiro atoms. The lowest BCUT2D eigenvalue weighted by molar-refractivity contribution is -0.0237. The fourth-order valence-electron chi connectivity index (χ4n) is 3.02. The van der Waals surface area contributed by atoms with Crippen LogP contribution in [0.15, 0.2) is 53.7 Å². The van der Waals surface area contributed by atoms with E-state index in [0.29, 0.717) is 25.6 Å². The van der Waals surface area contributed by atoms with Crippen molar-refractivity contribution >= 4 is 5.71 Å². The number of aromatic hydroxyl groups is 1. The first-order valence-corrected chi connectivity index (χ1v) is 8.07. The maximum atomic E-state index is 10.0. The smallest absolute Gasteiger partial charge is 0.168 e. The SMILES string of the molecule is Oc1ccc(C2=NO[C@@]3(CCOC3)C2)cc1OCc1ccccc1. The Labute approximate surface area is 140 Å². The summed E-state index contributed by atoms with van der Waals surface area (Å²) in [6.07, 6.45) is 1.57. The van der Waals surface area contributed by atoms with Crippen molar-refractivity contribution in [3.63, 3.8) is 0 Å². The number of benzene rings is 2. The first kappa shape index (κ1) is 15.0. The normalized spacial score (nSPS) is 22.4. The van der Waals surface area contributed by atoms with Crippen LogP contribution in [-0.2, 0) is 16.2 Å². The largest absolute Gasteiger partial charge is 0.504 e. The number of hydrogen-bond donors (Lipinski definition) is 1. The summed E-state index contributed by atoms with van der Waals surface area (Å²) in [5.74, 6) is 0.566. The molecule has 0 unspecified atom stereocenters. The Kier molecular flexibility index (Phi) is 3.86. The summed E-state index contributed by atoms with van der Waals surface area (Å²) in [6, 6.07) is 15.1. The molecule has 0 amide bonds. The van der Waals surface area contributed by atoms with Gasteiger partial charge in [-0.3, -0.25) is 0 Å². The van der Waals surface area contributed by atoms with Gasteiger partial charge in [-0.1, -0.05) is 35.5 Å². The third-order valence-electron chi connectivity index (χ3n) is 4.44. The highest BCUT2D eigenvalue weighted by atomic mass is 16.7. The minimum absolute atomic E-state index is 0.119. The van der Waals surface area contributed by atoms with Gasteiger partial charge in [0.15, 0.2) is 17.1 Å². The lowest BCUT2D eigenvalue weighted by Crippen LogP contribution is -2.29. The van der Waals surface area contributed by atoms with E-state index >= 15 is 0 Å². The highest BCUT2D eigenvalue weighted by Crippen LogP contribution is 2.36. The van der Waals surface area contributed by atoms with Gasteiger partial charge in [0.1, 0.15) is 6.61 Å². The monoisotopic (exact) mass is 325 g/mol. The predicted molar refractivity (Wildman–Crippen MR) is 89.3 cm³/mol. The number of phenols is 1. The van der Waals surface area contributed by atoms with Gasteiger partial charge in [-0.05, 0) is 23.8 Å². The fraction of sp³-hybridized carbons (Fsp3) is 0.316. The molecule has 2 aliphatic rings. The van der Waals surface area contributed by atoms with E-state index < -0.39 is 0 Å². The third-order valence-corrected chi connectivity index (χ3v) is 4.44. The van der Waals surface area contributed by atoms with Gasteiger partial charge in [-0.15, -0.1) is 0 Å². The molecule has 24 heavy (non-hydrogen) atoms. The van der Waals surface area contributed by atoms with Crippen molar-refractivity contribution in [3.05, 3.63) is 59.7 Å². The zero-order chi connectivity index (χ0) is 16.4. The van der Waals surface area contributed by atoms with Crippen LogP contribution in [0.4, 0.5) is 0 Å². The van der Waals surface area contributed by atoms with Gasteiger partial charge in [-0.25, -0.2) is 0 Å². The molecule has 124 valence electrons. The van der Waals surface area contributed by atoms with Gasteiger partial charge in [0.2, 0.25) is 0 Å². The molecule has 1 fully saturated rings. The Morgan fingerprint density at radius 1 is 1.17 bits per heavy atom. The minimum atomic E-state index is -0.307. The number of nitrogens with zero attached hydrogens (tertiary/aromatic N) is 1. The van der Waals surface area contributed by atoms with Crippen molar-refractivity contribution in [2.75, 3.05) is 13.2 Å². The summed E-state index contributed by atoms with van der Waals surface area (Å²) < 4.78 is 11.2. The highest BCUT2D eigenvalue weighted by Gasteiger charge is 2.43. The Balaban J connectivity index is 1.49. The molecule has 0 radical (unpaired) electrons. The summed E-state index contributed by atoms with van der Waals surface area (Å²) >= 11 is 0. The molecule has 5 nitrogen and oxygen atoms in total. The van der Waals surface area contributed by atoms with Crippen LogP contribution in [0, 0.1) is 0 Å². The molecule has 2 aliphatic heterocycles. The molecule has 0 saturated carbocycles. The lowest BCUT2D eigenvalue weighted by Gasteiger charge is -2.17. The molecule has 0 aliphatic carbocycles. The number of ether oxygens (including phenoxy) is 2. The number of rotatable bonds is 4. The molecule has 5 heteroatoms.